The van der Waals surface area contributed by atoms with E-state index in [-0.39, 0.29) is 11.9 Å². The van der Waals surface area contributed by atoms with Gasteiger partial charge in [-0.3, -0.25) is 4.79 Å². The molecule has 0 saturated heterocycles. The van der Waals surface area contributed by atoms with Crippen LogP contribution in [0.3, 0.4) is 0 Å². The number of esters is 1. The van der Waals surface area contributed by atoms with Crippen LogP contribution in [0.25, 0.3) is 0 Å². The van der Waals surface area contributed by atoms with Crippen LogP contribution in [0.2, 0.25) is 0 Å². The van der Waals surface area contributed by atoms with Gasteiger partial charge in [0.25, 0.3) is 0 Å². The lowest BCUT2D eigenvalue weighted by Crippen LogP contribution is -2.36. The zero-order chi connectivity index (χ0) is 10.6. The van der Waals surface area contributed by atoms with Crippen LogP contribution in [0.4, 0.5) is 0 Å². The van der Waals surface area contributed by atoms with Crippen LogP contribution in [0, 0.1) is 0 Å². The van der Waals surface area contributed by atoms with Gasteiger partial charge in [-0.15, -0.1) is 0 Å². The average Bonchev–Trinajstić information content (AvgIpc) is 2.27. The predicted octanol–water partition coefficient (Wildman–Crippen LogP) is 1.29. The van der Waals surface area contributed by atoms with Gasteiger partial charge in [-0.05, 0) is 5.56 Å². The van der Waals surface area contributed by atoms with Gasteiger partial charge in [0.2, 0.25) is 0 Å². The van der Waals surface area contributed by atoms with Crippen molar-refractivity contribution >= 4 is 5.97 Å². The van der Waals surface area contributed by atoms with Gasteiger partial charge in [0.1, 0.15) is 6.04 Å². The van der Waals surface area contributed by atoms with E-state index in [2.05, 4.69) is 4.74 Å². The number of ether oxygens (including phenoxy) is 1. The van der Waals surface area contributed by atoms with Gasteiger partial charge < -0.3 is 10.5 Å². The summed E-state index contributed by atoms with van der Waals surface area (Å²) in [5.74, 6) is -0.398. The van der Waals surface area contributed by atoms with Crippen molar-refractivity contribution in [1.29, 1.82) is 0 Å². The molecule has 0 radical (unpaired) electrons. The lowest BCUT2D eigenvalue weighted by atomic mass is 9.94. The zero-order valence-electron chi connectivity index (χ0n) is 8.44. The second kappa shape index (κ2) is 4.77. The number of benzene rings is 1. The number of rotatable bonds is 3. The second-order valence-corrected chi connectivity index (χ2v) is 3.25. The van der Waals surface area contributed by atoms with Gasteiger partial charge in [0.15, 0.2) is 0 Å². The third-order valence-electron chi connectivity index (χ3n) is 2.34. The standard InChI is InChI=1S/C11H15NO2/c1-8(10(12)11(13)14-2)9-6-4-3-5-7-9/h3-8,10H,12H2,1-2H3/t8-,10-/m1/s1. The highest BCUT2D eigenvalue weighted by Crippen LogP contribution is 2.17. The normalized spacial score (nSPS) is 14.5. The molecule has 2 atom stereocenters. The maximum atomic E-state index is 11.2. The van der Waals surface area contributed by atoms with Crippen LogP contribution < -0.4 is 5.73 Å². The molecule has 0 aliphatic heterocycles. The molecule has 1 rings (SSSR count). The number of methoxy groups -OCH3 is 1. The molecular weight excluding hydrogens is 178 g/mol. The van der Waals surface area contributed by atoms with Crippen molar-refractivity contribution in [3.05, 3.63) is 35.9 Å². The molecule has 0 bridgehead atoms. The third-order valence-corrected chi connectivity index (χ3v) is 2.34. The fraction of sp³-hybridized carbons (Fsp3) is 0.364. The maximum Gasteiger partial charge on any atom is 0.323 e. The molecule has 0 amide bonds. The van der Waals surface area contributed by atoms with Gasteiger partial charge in [-0.25, -0.2) is 0 Å². The van der Waals surface area contributed by atoms with E-state index in [9.17, 15) is 4.79 Å². The minimum Gasteiger partial charge on any atom is -0.468 e. The zero-order valence-corrected chi connectivity index (χ0v) is 8.44. The first-order valence-corrected chi connectivity index (χ1v) is 4.55. The van der Waals surface area contributed by atoms with E-state index in [0.29, 0.717) is 0 Å². The first-order valence-electron chi connectivity index (χ1n) is 4.55. The van der Waals surface area contributed by atoms with Crippen LogP contribution in [-0.2, 0) is 9.53 Å². The number of hydrogen-bond acceptors (Lipinski definition) is 3. The highest BCUT2D eigenvalue weighted by Gasteiger charge is 2.22. The summed E-state index contributed by atoms with van der Waals surface area (Å²) in [7, 11) is 1.35. The molecular formula is C11H15NO2. The molecule has 3 heteroatoms. The molecule has 0 heterocycles. The van der Waals surface area contributed by atoms with Crippen molar-refractivity contribution in [2.45, 2.75) is 18.9 Å². The number of carbonyl (C=O) groups excluding carboxylic acids is 1. The molecule has 0 saturated carbocycles. The van der Waals surface area contributed by atoms with Crippen LogP contribution in [-0.4, -0.2) is 19.1 Å². The number of hydrogen-bond donors (Lipinski definition) is 1. The Hall–Kier alpha value is -1.35. The average molecular weight is 193 g/mol. The summed E-state index contributed by atoms with van der Waals surface area (Å²) in [5, 5.41) is 0. The third kappa shape index (κ3) is 2.33. The van der Waals surface area contributed by atoms with Crippen molar-refractivity contribution in [2.75, 3.05) is 7.11 Å². The molecule has 0 fully saturated rings. The summed E-state index contributed by atoms with van der Waals surface area (Å²) < 4.78 is 4.59. The molecule has 14 heavy (non-hydrogen) atoms. The molecule has 0 aliphatic carbocycles. The summed E-state index contributed by atoms with van der Waals surface area (Å²) >= 11 is 0. The van der Waals surface area contributed by atoms with E-state index in [0.717, 1.165) is 5.56 Å². The quantitative estimate of drug-likeness (QED) is 0.736. The van der Waals surface area contributed by atoms with Crippen molar-refractivity contribution in [1.82, 2.24) is 0 Å². The molecule has 3 nitrogen and oxygen atoms in total. The molecule has 0 aromatic heterocycles. The molecule has 1 aromatic rings. The lowest BCUT2D eigenvalue weighted by molar-refractivity contribution is -0.142. The fourth-order valence-corrected chi connectivity index (χ4v) is 1.30. The highest BCUT2D eigenvalue weighted by molar-refractivity contribution is 5.76. The van der Waals surface area contributed by atoms with E-state index in [4.69, 9.17) is 5.73 Å². The lowest BCUT2D eigenvalue weighted by Gasteiger charge is -2.17. The Morgan fingerprint density at radius 1 is 1.36 bits per heavy atom. The topological polar surface area (TPSA) is 52.3 Å². The Balaban J connectivity index is 2.75. The van der Waals surface area contributed by atoms with E-state index >= 15 is 0 Å². The van der Waals surface area contributed by atoms with Crippen LogP contribution in [0.15, 0.2) is 30.3 Å². The summed E-state index contributed by atoms with van der Waals surface area (Å²) in [6.07, 6.45) is 0. The highest BCUT2D eigenvalue weighted by atomic mass is 16.5. The van der Waals surface area contributed by atoms with Crippen molar-refractivity contribution < 1.29 is 9.53 Å². The largest absolute Gasteiger partial charge is 0.468 e. The van der Waals surface area contributed by atoms with Crippen LogP contribution in [0.5, 0.6) is 0 Å². The first kappa shape index (κ1) is 10.7. The van der Waals surface area contributed by atoms with Gasteiger partial charge in [-0.2, -0.15) is 0 Å². The number of carbonyl (C=O) groups is 1. The Kier molecular flexibility index (Phi) is 3.65. The Morgan fingerprint density at radius 3 is 2.43 bits per heavy atom. The van der Waals surface area contributed by atoms with Crippen molar-refractivity contribution in [3.8, 4) is 0 Å². The SMILES string of the molecule is COC(=O)[C@H](N)[C@H](C)c1ccccc1. The summed E-state index contributed by atoms with van der Waals surface area (Å²) in [5.41, 5.74) is 6.78. The van der Waals surface area contributed by atoms with Crippen molar-refractivity contribution in [3.63, 3.8) is 0 Å². The minimum absolute atomic E-state index is 0.0244. The van der Waals surface area contributed by atoms with E-state index in [1.54, 1.807) is 0 Å². The van der Waals surface area contributed by atoms with E-state index < -0.39 is 6.04 Å². The van der Waals surface area contributed by atoms with Gasteiger partial charge in [-0.1, -0.05) is 37.3 Å². The predicted molar refractivity (Wildman–Crippen MR) is 54.8 cm³/mol. The minimum atomic E-state index is -0.595. The maximum absolute atomic E-state index is 11.2. The second-order valence-electron chi connectivity index (χ2n) is 3.25. The van der Waals surface area contributed by atoms with Gasteiger partial charge >= 0.3 is 5.97 Å². The van der Waals surface area contributed by atoms with Crippen LogP contribution >= 0.6 is 0 Å². The smallest absolute Gasteiger partial charge is 0.323 e. The summed E-state index contributed by atoms with van der Waals surface area (Å²) in [6, 6.07) is 9.09. The number of nitrogens with two attached hydrogens (primary N) is 1. The molecule has 0 unspecified atom stereocenters. The molecule has 0 aliphatic rings. The summed E-state index contributed by atoms with van der Waals surface area (Å²) in [6.45, 7) is 1.91. The Bertz CT molecular complexity index is 297. The summed E-state index contributed by atoms with van der Waals surface area (Å²) in [4.78, 5) is 11.2. The Labute approximate surface area is 83.9 Å². The first-order chi connectivity index (χ1) is 6.66. The van der Waals surface area contributed by atoms with Gasteiger partial charge in [0, 0.05) is 5.92 Å². The molecule has 1 aromatic carbocycles. The van der Waals surface area contributed by atoms with Crippen LogP contribution in [0.1, 0.15) is 18.4 Å². The molecule has 0 spiro atoms. The Morgan fingerprint density at radius 2 is 1.93 bits per heavy atom. The van der Waals surface area contributed by atoms with Gasteiger partial charge in [0.05, 0.1) is 7.11 Å². The van der Waals surface area contributed by atoms with E-state index in [1.807, 2.05) is 37.3 Å². The van der Waals surface area contributed by atoms with E-state index in [1.165, 1.54) is 7.11 Å². The fourth-order valence-electron chi connectivity index (χ4n) is 1.30. The molecule has 2 N–H and O–H groups in total. The monoisotopic (exact) mass is 193 g/mol. The van der Waals surface area contributed by atoms with Crippen molar-refractivity contribution in [2.24, 2.45) is 5.73 Å². The molecule has 76 valence electrons.